The fourth-order valence-corrected chi connectivity index (χ4v) is 2.16. The summed E-state index contributed by atoms with van der Waals surface area (Å²) in [6, 6.07) is 7.62. The van der Waals surface area contributed by atoms with Crippen molar-refractivity contribution in [3.8, 4) is 5.75 Å². The number of hydrogen-bond acceptors (Lipinski definition) is 4. The Bertz CT molecular complexity index is 650. The van der Waals surface area contributed by atoms with Crippen molar-refractivity contribution < 1.29 is 14.3 Å². The maximum Gasteiger partial charge on any atom is 0.188 e. The minimum absolute atomic E-state index is 0.116. The van der Waals surface area contributed by atoms with E-state index >= 15 is 0 Å². The first-order chi connectivity index (χ1) is 10.6. The van der Waals surface area contributed by atoms with Crippen LogP contribution in [0.25, 0.3) is 6.20 Å². The summed E-state index contributed by atoms with van der Waals surface area (Å²) in [6.07, 6.45) is 8.62. The highest BCUT2D eigenvalue weighted by Crippen LogP contribution is 2.25. The minimum Gasteiger partial charge on any atom is -0.496 e. The van der Waals surface area contributed by atoms with E-state index in [0.717, 1.165) is 11.3 Å². The van der Waals surface area contributed by atoms with E-state index in [1.54, 1.807) is 50.6 Å². The molecular formula is C17H20N2O3. The molecule has 0 bridgehead atoms. The van der Waals surface area contributed by atoms with Gasteiger partial charge in [-0.25, -0.2) is 4.98 Å². The topological polar surface area (TPSA) is 53.4 Å². The van der Waals surface area contributed by atoms with E-state index in [9.17, 15) is 4.79 Å². The highest BCUT2D eigenvalue weighted by molar-refractivity contribution is 5.99. The molecule has 22 heavy (non-hydrogen) atoms. The molecule has 2 rings (SSSR count). The third-order valence-corrected chi connectivity index (χ3v) is 3.61. The monoisotopic (exact) mass is 300 g/mol. The first kappa shape index (κ1) is 16.0. The van der Waals surface area contributed by atoms with Crippen LogP contribution in [0.4, 0.5) is 0 Å². The maximum atomic E-state index is 12.5. The van der Waals surface area contributed by atoms with Crippen molar-refractivity contribution in [1.29, 1.82) is 0 Å². The zero-order valence-electron chi connectivity index (χ0n) is 13.0. The van der Waals surface area contributed by atoms with E-state index in [-0.39, 0.29) is 5.78 Å². The SMILES string of the molecule is COc1ccccc1CC(C)(OC)C(=O)C=Cn1ccnc1. The second-order valence-corrected chi connectivity index (χ2v) is 5.11. The predicted octanol–water partition coefficient (Wildman–Crippen LogP) is 2.58. The Morgan fingerprint density at radius 2 is 2.14 bits per heavy atom. The molecular weight excluding hydrogens is 280 g/mol. The number of rotatable bonds is 7. The average Bonchev–Trinajstić information content (AvgIpc) is 3.06. The molecule has 0 N–H and O–H groups in total. The summed E-state index contributed by atoms with van der Waals surface area (Å²) in [5.74, 6) is 0.631. The summed E-state index contributed by atoms with van der Waals surface area (Å²) in [5, 5.41) is 0. The highest BCUT2D eigenvalue weighted by atomic mass is 16.5. The summed E-state index contributed by atoms with van der Waals surface area (Å²) in [5.41, 5.74) is -0.0233. The molecule has 0 saturated heterocycles. The average molecular weight is 300 g/mol. The number of carbonyl (C=O) groups excluding carboxylic acids is 1. The van der Waals surface area contributed by atoms with Crippen LogP contribution in [0.1, 0.15) is 12.5 Å². The summed E-state index contributed by atoms with van der Waals surface area (Å²) in [4.78, 5) is 16.4. The lowest BCUT2D eigenvalue weighted by molar-refractivity contribution is -0.133. The van der Waals surface area contributed by atoms with Gasteiger partial charge in [-0.05, 0) is 18.6 Å². The number of hydrogen-bond donors (Lipinski definition) is 0. The van der Waals surface area contributed by atoms with Crippen molar-refractivity contribution in [1.82, 2.24) is 9.55 Å². The van der Waals surface area contributed by atoms with Gasteiger partial charge in [0.15, 0.2) is 5.78 Å². The van der Waals surface area contributed by atoms with Gasteiger partial charge in [0, 0.05) is 38.2 Å². The number of aromatic nitrogens is 2. The van der Waals surface area contributed by atoms with Crippen LogP contribution in [0.3, 0.4) is 0 Å². The van der Waals surface area contributed by atoms with E-state index in [1.165, 1.54) is 6.08 Å². The molecule has 0 radical (unpaired) electrons. The number of benzene rings is 1. The molecule has 0 amide bonds. The molecule has 5 nitrogen and oxygen atoms in total. The Kier molecular flexibility index (Phi) is 5.12. The van der Waals surface area contributed by atoms with Gasteiger partial charge in [0.05, 0.1) is 13.4 Å². The fourth-order valence-electron chi connectivity index (χ4n) is 2.16. The summed E-state index contributed by atoms with van der Waals surface area (Å²) in [6.45, 7) is 1.78. The molecule has 1 aromatic carbocycles. The molecule has 0 spiro atoms. The molecule has 0 aliphatic heterocycles. The number of imidazole rings is 1. The Balaban J connectivity index is 2.18. The van der Waals surface area contributed by atoms with Crippen LogP contribution < -0.4 is 4.74 Å². The number of nitrogens with zero attached hydrogens (tertiary/aromatic N) is 2. The van der Waals surface area contributed by atoms with Crippen LogP contribution in [0.15, 0.2) is 49.1 Å². The molecule has 1 aromatic heterocycles. The maximum absolute atomic E-state index is 12.5. The lowest BCUT2D eigenvalue weighted by Crippen LogP contribution is -2.38. The molecule has 0 aliphatic carbocycles. The van der Waals surface area contributed by atoms with Crippen molar-refractivity contribution in [2.75, 3.05) is 14.2 Å². The van der Waals surface area contributed by atoms with Gasteiger partial charge in [0.25, 0.3) is 0 Å². The van der Waals surface area contributed by atoms with Crippen LogP contribution in [0.2, 0.25) is 0 Å². The largest absolute Gasteiger partial charge is 0.496 e. The molecule has 0 saturated carbocycles. The number of para-hydroxylation sites is 1. The second-order valence-electron chi connectivity index (χ2n) is 5.11. The van der Waals surface area contributed by atoms with Crippen molar-refractivity contribution in [2.24, 2.45) is 0 Å². The van der Waals surface area contributed by atoms with Crippen molar-refractivity contribution >= 4 is 12.0 Å². The lowest BCUT2D eigenvalue weighted by Gasteiger charge is -2.26. The summed E-state index contributed by atoms with van der Waals surface area (Å²) < 4.78 is 12.5. The zero-order chi connectivity index (χ0) is 16.0. The quantitative estimate of drug-likeness (QED) is 0.738. The van der Waals surface area contributed by atoms with Crippen LogP contribution >= 0.6 is 0 Å². The molecule has 2 aromatic rings. The van der Waals surface area contributed by atoms with Crippen LogP contribution in [0, 0.1) is 0 Å². The summed E-state index contributed by atoms with van der Waals surface area (Å²) >= 11 is 0. The van der Waals surface area contributed by atoms with Gasteiger partial charge in [-0.15, -0.1) is 0 Å². The Morgan fingerprint density at radius 1 is 1.36 bits per heavy atom. The summed E-state index contributed by atoms with van der Waals surface area (Å²) in [7, 11) is 3.15. The van der Waals surface area contributed by atoms with E-state index < -0.39 is 5.60 Å². The standard InChI is InChI=1S/C17H20N2O3/c1-17(22-3,12-14-6-4-5-7-15(14)21-2)16(20)8-10-19-11-9-18-13-19/h4-11,13H,12H2,1-3H3. The number of carbonyl (C=O) groups is 1. The third kappa shape index (κ3) is 3.62. The fraction of sp³-hybridized carbons (Fsp3) is 0.294. The normalized spacial score (nSPS) is 14.0. The molecule has 1 heterocycles. The van der Waals surface area contributed by atoms with E-state index in [0.29, 0.717) is 6.42 Å². The van der Waals surface area contributed by atoms with Gasteiger partial charge in [-0.1, -0.05) is 18.2 Å². The molecule has 0 aliphatic rings. The van der Waals surface area contributed by atoms with Crippen LogP contribution in [-0.4, -0.2) is 35.2 Å². The number of ether oxygens (including phenoxy) is 2. The van der Waals surface area contributed by atoms with Crippen molar-refractivity contribution in [3.05, 3.63) is 54.6 Å². The minimum atomic E-state index is -0.953. The van der Waals surface area contributed by atoms with Crippen LogP contribution in [0.5, 0.6) is 5.75 Å². The molecule has 5 heteroatoms. The third-order valence-electron chi connectivity index (χ3n) is 3.61. The first-order valence-corrected chi connectivity index (χ1v) is 6.96. The molecule has 0 fully saturated rings. The highest BCUT2D eigenvalue weighted by Gasteiger charge is 2.32. The van der Waals surface area contributed by atoms with Gasteiger partial charge in [0.1, 0.15) is 11.4 Å². The van der Waals surface area contributed by atoms with E-state index in [2.05, 4.69) is 4.98 Å². The van der Waals surface area contributed by atoms with Gasteiger partial charge >= 0.3 is 0 Å². The van der Waals surface area contributed by atoms with Crippen molar-refractivity contribution in [3.63, 3.8) is 0 Å². The van der Waals surface area contributed by atoms with Gasteiger partial charge in [0.2, 0.25) is 0 Å². The van der Waals surface area contributed by atoms with Crippen LogP contribution in [-0.2, 0) is 16.0 Å². The Hall–Kier alpha value is -2.40. The Labute approximate surface area is 130 Å². The second kappa shape index (κ2) is 7.04. The molecule has 1 atom stereocenters. The van der Waals surface area contributed by atoms with Gasteiger partial charge < -0.3 is 14.0 Å². The smallest absolute Gasteiger partial charge is 0.188 e. The van der Waals surface area contributed by atoms with E-state index in [4.69, 9.17) is 9.47 Å². The lowest BCUT2D eigenvalue weighted by atomic mass is 9.91. The first-order valence-electron chi connectivity index (χ1n) is 6.96. The van der Waals surface area contributed by atoms with E-state index in [1.807, 2.05) is 24.3 Å². The Morgan fingerprint density at radius 3 is 2.77 bits per heavy atom. The van der Waals surface area contributed by atoms with Crippen molar-refractivity contribution in [2.45, 2.75) is 18.9 Å². The van der Waals surface area contributed by atoms with Gasteiger partial charge in [-0.3, -0.25) is 4.79 Å². The number of ketones is 1. The van der Waals surface area contributed by atoms with Gasteiger partial charge in [-0.2, -0.15) is 0 Å². The zero-order valence-corrected chi connectivity index (χ0v) is 13.0. The molecule has 1 unspecified atom stereocenters. The number of methoxy groups -OCH3 is 2. The predicted molar refractivity (Wildman–Crippen MR) is 84.7 cm³/mol. The molecule has 116 valence electrons.